The van der Waals surface area contributed by atoms with Gasteiger partial charge in [0, 0.05) is 12.8 Å². The summed E-state index contributed by atoms with van der Waals surface area (Å²) in [5, 5.41) is 0. The number of hydrogen-bond acceptors (Lipinski definition) is 2. The van der Waals surface area contributed by atoms with Crippen LogP contribution in [0.25, 0.3) is 0 Å². The van der Waals surface area contributed by atoms with Crippen LogP contribution in [0.2, 0.25) is 23.7 Å². The highest BCUT2D eigenvalue weighted by atomic mass is 35.5. The van der Waals surface area contributed by atoms with Crippen molar-refractivity contribution in [2.45, 2.75) is 130 Å². The summed E-state index contributed by atoms with van der Waals surface area (Å²) in [6, 6.07) is 4.05. The molecule has 0 aliphatic carbocycles. The fourth-order valence-electron chi connectivity index (χ4n) is 3.84. The monoisotopic (exact) mass is 405 g/mol. The minimum atomic E-state index is -1.17. The van der Waals surface area contributed by atoms with Gasteiger partial charge in [-0.15, -0.1) is 0 Å². The van der Waals surface area contributed by atoms with Crippen molar-refractivity contribution in [3.63, 3.8) is 0 Å². The Labute approximate surface area is 171 Å². The van der Waals surface area contributed by atoms with Gasteiger partial charge in [-0.2, -0.15) is 0 Å². The first-order valence-corrected chi connectivity index (χ1v) is 13.5. The second-order valence-electron chi connectivity index (χ2n) is 7.68. The molecule has 0 aliphatic rings. The van der Waals surface area contributed by atoms with Crippen LogP contribution in [0.15, 0.2) is 0 Å². The predicted molar refractivity (Wildman–Crippen MR) is 115 cm³/mol. The molecule has 158 valence electrons. The highest BCUT2D eigenvalue weighted by Crippen LogP contribution is 2.39. The first kappa shape index (κ1) is 30.6. The van der Waals surface area contributed by atoms with E-state index in [0.29, 0.717) is 11.6 Å². The Morgan fingerprint density at radius 1 is 0.731 bits per heavy atom. The molecule has 0 saturated carbocycles. The van der Waals surface area contributed by atoms with Gasteiger partial charge in [0.25, 0.3) is 0 Å². The van der Waals surface area contributed by atoms with Crippen molar-refractivity contribution in [3.8, 4) is 0 Å². The molecule has 0 rings (SSSR count). The number of carbonyl (C=O) groups is 2. The van der Waals surface area contributed by atoms with Crippen molar-refractivity contribution in [3.05, 3.63) is 0 Å². The summed E-state index contributed by atoms with van der Waals surface area (Å²) in [7, 11) is -1.17. The quantitative estimate of drug-likeness (QED) is 0.313. The molecule has 0 bridgehead atoms. The maximum atomic E-state index is 11.4. The van der Waals surface area contributed by atoms with Crippen LogP contribution < -0.4 is 12.4 Å². The van der Waals surface area contributed by atoms with E-state index in [1.807, 2.05) is 0 Å². The molecule has 1 atom stereocenters. The van der Waals surface area contributed by atoms with Crippen LogP contribution in [-0.2, 0) is 9.59 Å². The molecule has 0 saturated heterocycles. The Kier molecular flexibility index (Phi) is 23.1. The molecule has 0 aliphatic heterocycles. The zero-order chi connectivity index (χ0) is 19.7. The Morgan fingerprint density at radius 2 is 1.23 bits per heavy atom. The number of rotatable bonds is 14. The Hall–Kier alpha value is -0.153. The third-order valence-electron chi connectivity index (χ3n) is 5.80. The molecule has 0 aromatic heterocycles. The zero-order valence-corrected chi connectivity index (χ0v) is 20.5. The van der Waals surface area contributed by atoms with E-state index in [1.54, 1.807) is 13.8 Å². The lowest BCUT2D eigenvalue weighted by atomic mass is 10.1. The average molecular weight is 406 g/mol. The topological polar surface area (TPSA) is 34.1 Å². The zero-order valence-electron chi connectivity index (χ0n) is 18.8. The molecule has 0 heterocycles. The Balaban J connectivity index is -0.000000453. The molecular formula is C22H46ClO2Si-. The number of unbranched alkanes of at least 4 members (excludes halogenated alkanes) is 4. The van der Waals surface area contributed by atoms with E-state index in [2.05, 4.69) is 34.6 Å². The predicted octanol–water partition coefficient (Wildman–Crippen LogP) is 4.58. The van der Waals surface area contributed by atoms with E-state index in [0.717, 1.165) is 24.8 Å². The maximum absolute atomic E-state index is 11.4. The second-order valence-corrected chi connectivity index (χ2v) is 13.3. The third kappa shape index (κ3) is 15.0. The third-order valence-corrected chi connectivity index (χ3v) is 12.3. The molecule has 0 spiro atoms. The summed E-state index contributed by atoms with van der Waals surface area (Å²) in [6.07, 6.45) is 10.3. The van der Waals surface area contributed by atoms with Crippen LogP contribution in [0.5, 0.6) is 0 Å². The second kappa shape index (κ2) is 19.6. The van der Waals surface area contributed by atoms with Gasteiger partial charge in [-0.1, -0.05) is 91.3 Å². The summed E-state index contributed by atoms with van der Waals surface area (Å²) < 4.78 is 0. The van der Waals surface area contributed by atoms with Gasteiger partial charge < -0.3 is 22.0 Å². The van der Waals surface area contributed by atoms with Crippen LogP contribution in [0.3, 0.4) is 0 Å². The molecule has 0 aromatic carbocycles. The van der Waals surface area contributed by atoms with Gasteiger partial charge in [0.05, 0.1) is 8.07 Å². The number of ketones is 2. The molecule has 0 radical (unpaired) electrons. The van der Waals surface area contributed by atoms with Crippen molar-refractivity contribution in [1.29, 1.82) is 0 Å². The Bertz CT molecular complexity index is 333. The number of hydrogen-bond donors (Lipinski definition) is 0. The normalized spacial score (nSPS) is 11.8. The summed E-state index contributed by atoms with van der Waals surface area (Å²) in [6.45, 7) is 14.9. The van der Waals surface area contributed by atoms with Crippen LogP contribution in [-0.4, -0.2) is 19.6 Å². The van der Waals surface area contributed by atoms with Crippen LogP contribution in [0.1, 0.15) is 106 Å². The van der Waals surface area contributed by atoms with Gasteiger partial charge in [0.15, 0.2) is 0 Å². The molecular weight excluding hydrogens is 360 g/mol. The fraction of sp³-hybridized carbons (Fsp3) is 0.909. The molecule has 4 heteroatoms. The lowest BCUT2D eigenvalue weighted by Gasteiger charge is -2.37. The standard InChI is InChI=1S/C14H30OSi.C8H16O.ClH/c1-6-10-11-14(12-13(5)15)16(7-2,8-3)9-4;1-3-4-5-6-7-8(2)9;/h14H,6-12H2,1-5H3;3-7H2,1-2H3;1H/p-1. The molecule has 0 fully saturated rings. The van der Waals surface area contributed by atoms with Crippen molar-refractivity contribution in [1.82, 2.24) is 0 Å². The average Bonchev–Trinajstić information content (AvgIpc) is 2.58. The largest absolute Gasteiger partial charge is 1.00 e. The van der Waals surface area contributed by atoms with E-state index in [-0.39, 0.29) is 12.4 Å². The maximum Gasteiger partial charge on any atom is 0.129 e. The van der Waals surface area contributed by atoms with Crippen molar-refractivity contribution in [2.75, 3.05) is 0 Å². The van der Waals surface area contributed by atoms with Gasteiger partial charge in [-0.05, 0) is 25.8 Å². The SMILES string of the molecule is CCCCC(CC(C)=O)[Si](CC)(CC)CC.CCCCCCC(C)=O.[Cl-]. The highest BCUT2D eigenvalue weighted by Gasteiger charge is 2.36. The van der Waals surface area contributed by atoms with Gasteiger partial charge in [-0.3, -0.25) is 0 Å². The van der Waals surface area contributed by atoms with Crippen molar-refractivity contribution < 1.29 is 22.0 Å². The first-order valence-electron chi connectivity index (χ1n) is 10.8. The van der Waals surface area contributed by atoms with Crippen LogP contribution >= 0.6 is 0 Å². The lowest BCUT2D eigenvalue weighted by molar-refractivity contribution is -0.118. The summed E-state index contributed by atoms with van der Waals surface area (Å²) in [5.41, 5.74) is 0.741. The molecule has 26 heavy (non-hydrogen) atoms. The van der Waals surface area contributed by atoms with E-state index >= 15 is 0 Å². The summed E-state index contributed by atoms with van der Waals surface area (Å²) in [4.78, 5) is 21.8. The molecule has 0 amide bonds. The summed E-state index contributed by atoms with van der Waals surface area (Å²) in [5.74, 6) is 0.722. The molecule has 0 aromatic rings. The van der Waals surface area contributed by atoms with Crippen LogP contribution in [0, 0.1) is 0 Å². The van der Waals surface area contributed by atoms with E-state index in [4.69, 9.17) is 0 Å². The van der Waals surface area contributed by atoms with Gasteiger partial charge in [-0.25, -0.2) is 0 Å². The lowest BCUT2D eigenvalue weighted by Crippen LogP contribution is -3.00. The number of carbonyl (C=O) groups excluding carboxylic acids is 2. The smallest absolute Gasteiger partial charge is 0.129 e. The van der Waals surface area contributed by atoms with E-state index in [9.17, 15) is 9.59 Å². The summed E-state index contributed by atoms with van der Waals surface area (Å²) >= 11 is 0. The number of halogens is 1. The van der Waals surface area contributed by atoms with Crippen molar-refractivity contribution in [2.24, 2.45) is 0 Å². The number of Topliss-reactive ketones (excluding diaryl/α,β-unsaturated/α-hetero) is 2. The first-order chi connectivity index (χ1) is 11.8. The van der Waals surface area contributed by atoms with E-state index < -0.39 is 8.07 Å². The van der Waals surface area contributed by atoms with Gasteiger partial charge >= 0.3 is 0 Å². The minimum absolute atomic E-state index is 0. The molecule has 2 nitrogen and oxygen atoms in total. The Morgan fingerprint density at radius 3 is 1.58 bits per heavy atom. The fourth-order valence-corrected chi connectivity index (χ4v) is 8.61. The molecule has 1 unspecified atom stereocenters. The highest BCUT2D eigenvalue weighted by molar-refractivity contribution is 6.81. The van der Waals surface area contributed by atoms with E-state index in [1.165, 1.54) is 56.7 Å². The van der Waals surface area contributed by atoms with Crippen molar-refractivity contribution >= 4 is 19.6 Å². The van der Waals surface area contributed by atoms with Gasteiger partial charge in [0.2, 0.25) is 0 Å². The van der Waals surface area contributed by atoms with Crippen LogP contribution in [0.4, 0.5) is 0 Å². The molecule has 0 N–H and O–H groups in total. The minimum Gasteiger partial charge on any atom is -1.00 e. The van der Waals surface area contributed by atoms with Gasteiger partial charge in [0.1, 0.15) is 11.6 Å².